The molecule has 0 saturated heterocycles. The third-order valence-corrected chi connectivity index (χ3v) is 5.71. The molecule has 0 radical (unpaired) electrons. The molecule has 37 heavy (non-hydrogen) atoms. The second-order valence-electron chi connectivity index (χ2n) is 8.30. The Balaban J connectivity index is 1.63. The molecule has 3 rings (SSSR count). The van der Waals surface area contributed by atoms with Gasteiger partial charge in [0.15, 0.2) is 11.6 Å². The van der Waals surface area contributed by atoms with Crippen molar-refractivity contribution in [2.24, 2.45) is 21.1 Å². The topological polar surface area (TPSA) is 160 Å². The predicted molar refractivity (Wildman–Crippen MR) is 138 cm³/mol. The normalized spacial score (nSPS) is 10.9. The number of nitrogens with one attached hydrogen (secondary N) is 4. The van der Waals surface area contributed by atoms with E-state index in [-0.39, 0.29) is 34.9 Å². The Morgan fingerprint density at radius 1 is 0.865 bits per heavy atom. The molecule has 3 aromatic rings. The van der Waals surface area contributed by atoms with Crippen molar-refractivity contribution >= 4 is 41.5 Å². The number of aromatic nitrogens is 5. The number of nitrogens with zero attached hydrogens (tertiary/aromatic N) is 6. The smallest absolute Gasteiger partial charge is 0.291 e. The summed E-state index contributed by atoms with van der Waals surface area (Å²) in [5.74, 6) is -0.604. The molecular formula is C23H32N10O4. The second-order valence-corrected chi connectivity index (χ2v) is 8.30. The van der Waals surface area contributed by atoms with E-state index < -0.39 is 11.8 Å². The number of carbonyl (C=O) groups excluding carboxylic acids is 4. The highest BCUT2D eigenvalue weighted by molar-refractivity contribution is 6.06. The van der Waals surface area contributed by atoms with Gasteiger partial charge in [0, 0.05) is 52.8 Å². The van der Waals surface area contributed by atoms with E-state index in [0.29, 0.717) is 18.6 Å². The number of likely N-dealkylation sites (N-methyl/N-ethyl adjacent to an activating group) is 1. The number of amides is 4. The maximum absolute atomic E-state index is 12.9. The maximum Gasteiger partial charge on any atom is 0.291 e. The minimum atomic E-state index is -0.514. The van der Waals surface area contributed by atoms with Gasteiger partial charge in [-0.2, -0.15) is 0 Å². The number of carbonyl (C=O) groups is 4. The van der Waals surface area contributed by atoms with Crippen molar-refractivity contribution in [2.75, 3.05) is 42.1 Å². The van der Waals surface area contributed by atoms with Gasteiger partial charge in [-0.3, -0.25) is 19.2 Å². The number of anilines is 3. The Labute approximate surface area is 214 Å². The van der Waals surface area contributed by atoms with E-state index in [0.717, 1.165) is 19.6 Å². The Kier molecular flexibility index (Phi) is 8.79. The Hall–Kier alpha value is -4.46. The van der Waals surface area contributed by atoms with Crippen LogP contribution in [0.1, 0.15) is 45.6 Å². The number of rotatable bonds is 12. The van der Waals surface area contributed by atoms with Gasteiger partial charge < -0.3 is 39.9 Å². The van der Waals surface area contributed by atoms with Gasteiger partial charge in [0.05, 0.1) is 5.69 Å². The molecule has 0 fully saturated rings. The lowest BCUT2D eigenvalue weighted by atomic mass is 10.3. The molecule has 14 heteroatoms. The third kappa shape index (κ3) is 6.61. The Morgan fingerprint density at radius 3 is 2.14 bits per heavy atom. The summed E-state index contributed by atoms with van der Waals surface area (Å²) in [6.07, 6.45) is 5.10. The van der Waals surface area contributed by atoms with Crippen LogP contribution in [0.3, 0.4) is 0 Å². The fourth-order valence-electron chi connectivity index (χ4n) is 3.72. The average molecular weight is 513 g/mol. The van der Waals surface area contributed by atoms with Crippen molar-refractivity contribution in [3.05, 3.63) is 42.0 Å². The van der Waals surface area contributed by atoms with Crippen LogP contribution >= 0.6 is 0 Å². The van der Waals surface area contributed by atoms with Crippen LogP contribution in [0.5, 0.6) is 0 Å². The Morgan fingerprint density at radius 2 is 1.49 bits per heavy atom. The SMILES string of the molecule is CCN(CC)CCNC(=O)c1nc(NC(=O)c2cc(NC(=O)c3nc(NC=O)cn3C)cn2C)cn1C. The van der Waals surface area contributed by atoms with Crippen LogP contribution in [0, 0.1) is 0 Å². The van der Waals surface area contributed by atoms with Crippen LogP contribution in [-0.2, 0) is 25.9 Å². The van der Waals surface area contributed by atoms with Crippen molar-refractivity contribution in [1.29, 1.82) is 0 Å². The summed E-state index contributed by atoms with van der Waals surface area (Å²) >= 11 is 0. The molecule has 0 aromatic carbocycles. The van der Waals surface area contributed by atoms with E-state index in [2.05, 4.69) is 50.0 Å². The van der Waals surface area contributed by atoms with E-state index in [9.17, 15) is 19.2 Å². The van der Waals surface area contributed by atoms with Crippen molar-refractivity contribution < 1.29 is 19.2 Å². The summed E-state index contributed by atoms with van der Waals surface area (Å²) < 4.78 is 4.56. The first-order valence-corrected chi connectivity index (χ1v) is 11.7. The molecule has 0 aliphatic heterocycles. The Bertz CT molecular complexity index is 1280. The molecule has 198 valence electrons. The van der Waals surface area contributed by atoms with Crippen LogP contribution in [0.25, 0.3) is 0 Å². The van der Waals surface area contributed by atoms with E-state index >= 15 is 0 Å². The molecule has 0 atom stereocenters. The van der Waals surface area contributed by atoms with Crippen LogP contribution in [0.15, 0.2) is 24.7 Å². The quantitative estimate of drug-likeness (QED) is 0.259. The fourth-order valence-corrected chi connectivity index (χ4v) is 3.72. The van der Waals surface area contributed by atoms with Crippen molar-refractivity contribution in [2.45, 2.75) is 13.8 Å². The number of hydrogen-bond donors (Lipinski definition) is 4. The van der Waals surface area contributed by atoms with E-state index in [1.165, 1.54) is 16.8 Å². The van der Waals surface area contributed by atoms with E-state index in [1.807, 2.05) is 0 Å². The minimum absolute atomic E-state index is 0.0793. The van der Waals surface area contributed by atoms with Gasteiger partial charge in [-0.25, -0.2) is 9.97 Å². The standard InChI is InChI=1S/C23H32N10O4/c1-6-33(7-2)9-8-24-22(36)19-28-18(13-32(19)5)29-21(35)16-10-15(11-30(16)3)26-23(37)20-27-17(25-14-34)12-31(20)4/h10-14H,6-9H2,1-5H3,(H,24,36)(H,25,34)(H,26,37)(H,29,35). The fraction of sp³-hybridized carbons (Fsp3) is 0.391. The molecule has 0 aliphatic carbocycles. The first-order chi connectivity index (χ1) is 17.7. The first kappa shape index (κ1) is 27.1. The van der Waals surface area contributed by atoms with Gasteiger partial charge in [0.25, 0.3) is 17.7 Å². The van der Waals surface area contributed by atoms with Crippen LogP contribution < -0.4 is 21.3 Å². The van der Waals surface area contributed by atoms with Gasteiger partial charge in [0.1, 0.15) is 5.69 Å². The zero-order chi connectivity index (χ0) is 27.1. The molecule has 0 bridgehead atoms. The largest absolute Gasteiger partial charge is 0.348 e. The molecular weight excluding hydrogens is 480 g/mol. The molecule has 0 unspecified atom stereocenters. The monoisotopic (exact) mass is 512 g/mol. The summed E-state index contributed by atoms with van der Waals surface area (Å²) in [6, 6.07) is 1.50. The molecule has 4 amide bonds. The van der Waals surface area contributed by atoms with Crippen LogP contribution in [0.4, 0.5) is 17.3 Å². The van der Waals surface area contributed by atoms with E-state index in [4.69, 9.17) is 0 Å². The lowest BCUT2D eigenvalue weighted by Crippen LogP contribution is -2.35. The number of imidazole rings is 2. The molecule has 4 N–H and O–H groups in total. The predicted octanol–water partition coefficient (Wildman–Crippen LogP) is 0.637. The highest BCUT2D eigenvalue weighted by Gasteiger charge is 2.20. The lowest BCUT2D eigenvalue weighted by Gasteiger charge is -2.17. The lowest BCUT2D eigenvalue weighted by molar-refractivity contribution is -0.105. The van der Waals surface area contributed by atoms with Gasteiger partial charge >= 0.3 is 0 Å². The van der Waals surface area contributed by atoms with Gasteiger partial charge in [-0.05, 0) is 19.2 Å². The van der Waals surface area contributed by atoms with E-state index in [1.54, 1.807) is 42.7 Å². The highest BCUT2D eigenvalue weighted by atomic mass is 16.2. The summed E-state index contributed by atoms with van der Waals surface area (Å²) in [4.78, 5) is 59.1. The molecule has 3 aromatic heterocycles. The number of aryl methyl sites for hydroxylation is 3. The molecule has 0 aliphatic rings. The molecule has 0 spiro atoms. The van der Waals surface area contributed by atoms with Crippen LogP contribution in [0.2, 0.25) is 0 Å². The number of hydrogen-bond acceptors (Lipinski definition) is 7. The van der Waals surface area contributed by atoms with Crippen molar-refractivity contribution in [3.8, 4) is 0 Å². The molecule has 3 heterocycles. The van der Waals surface area contributed by atoms with Crippen LogP contribution in [-0.4, -0.2) is 78.9 Å². The van der Waals surface area contributed by atoms with Gasteiger partial charge in [-0.1, -0.05) is 13.8 Å². The molecule has 0 saturated carbocycles. The summed E-state index contributed by atoms with van der Waals surface area (Å²) in [6.45, 7) is 7.15. The molecule has 14 nitrogen and oxygen atoms in total. The second kappa shape index (κ2) is 12.0. The highest BCUT2D eigenvalue weighted by Crippen LogP contribution is 2.17. The van der Waals surface area contributed by atoms with Gasteiger partial charge in [-0.15, -0.1) is 0 Å². The summed E-state index contributed by atoms with van der Waals surface area (Å²) in [5, 5.41) is 10.6. The maximum atomic E-state index is 12.9. The first-order valence-electron chi connectivity index (χ1n) is 11.7. The average Bonchev–Trinajstić information content (AvgIpc) is 3.52. The zero-order valence-corrected chi connectivity index (χ0v) is 21.5. The summed E-state index contributed by atoms with van der Waals surface area (Å²) in [7, 11) is 4.95. The van der Waals surface area contributed by atoms with Gasteiger partial charge in [0.2, 0.25) is 18.1 Å². The minimum Gasteiger partial charge on any atom is -0.348 e. The summed E-state index contributed by atoms with van der Waals surface area (Å²) in [5.41, 5.74) is 0.633. The van der Waals surface area contributed by atoms with Crippen molar-refractivity contribution in [1.82, 2.24) is 33.9 Å². The van der Waals surface area contributed by atoms with Crippen molar-refractivity contribution in [3.63, 3.8) is 0 Å². The third-order valence-electron chi connectivity index (χ3n) is 5.71. The zero-order valence-electron chi connectivity index (χ0n) is 21.5.